The summed E-state index contributed by atoms with van der Waals surface area (Å²) in [6, 6.07) is 20.5. The van der Waals surface area contributed by atoms with E-state index in [1.54, 1.807) is 73.7 Å². The summed E-state index contributed by atoms with van der Waals surface area (Å²) in [5, 5.41) is 9.08. The summed E-state index contributed by atoms with van der Waals surface area (Å²) in [5.41, 5.74) is 2.55. The summed E-state index contributed by atoms with van der Waals surface area (Å²) >= 11 is 15.5. The molecule has 0 saturated carbocycles. The van der Waals surface area contributed by atoms with Crippen molar-refractivity contribution in [2.75, 3.05) is 17.7 Å². The second-order valence-electron chi connectivity index (χ2n) is 11.0. The maximum Gasteiger partial charge on any atom is 0.341 e. The molecule has 5 rings (SSSR count). The first-order valence-corrected chi connectivity index (χ1v) is 17.7. The van der Waals surface area contributed by atoms with Crippen molar-refractivity contribution in [2.24, 2.45) is 0 Å². The minimum absolute atomic E-state index is 0.0691. The second-order valence-corrected chi connectivity index (χ2v) is 14.3. The first kappa shape index (κ1) is 35.2. The van der Waals surface area contributed by atoms with E-state index in [2.05, 4.69) is 16.0 Å². The van der Waals surface area contributed by atoms with Crippen LogP contribution in [-0.4, -0.2) is 36.1 Å². The van der Waals surface area contributed by atoms with Crippen molar-refractivity contribution < 1.29 is 23.9 Å². The standard InChI is InChI=1S/C36H33Cl2N3O5S2/c1-21(32(42)41-35-31(36(45)46-2)25-15-7-4-8-18-30(25)48-35)47-24-14-9-13-23(19-24)39-34(44)29(20-26-27(37)16-10-17-28(26)38)40-33(43)22-11-5-3-6-12-22/h3,5-6,9-14,16-17,19-21H,4,7-8,15,18H2,1-2H3,(H,39,44)(H,40,43)(H,41,42)/b29-20+. The van der Waals surface area contributed by atoms with E-state index >= 15 is 0 Å². The smallest absolute Gasteiger partial charge is 0.341 e. The van der Waals surface area contributed by atoms with Crippen molar-refractivity contribution in [3.05, 3.63) is 116 Å². The Balaban J connectivity index is 1.31. The van der Waals surface area contributed by atoms with Gasteiger partial charge < -0.3 is 20.7 Å². The Hall–Kier alpha value is -4.09. The summed E-state index contributed by atoms with van der Waals surface area (Å²) in [5.74, 6) is -1.79. The molecular formula is C36H33Cl2N3O5S2. The van der Waals surface area contributed by atoms with E-state index in [0.29, 0.717) is 37.4 Å². The van der Waals surface area contributed by atoms with Gasteiger partial charge in [-0.25, -0.2) is 4.79 Å². The molecule has 248 valence electrons. The molecule has 1 heterocycles. The Morgan fingerprint density at radius 1 is 0.896 bits per heavy atom. The molecule has 1 aliphatic rings. The highest BCUT2D eigenvalue weighted by atomic mass is 35.5. The van der Waals surface area contributed by atoms with Crippen molar-refractivity contribution in [1.29, 1.82) is 0 Å². The van der Waals surface area contributed by atoms with Gasteiger partial charge >= 0.3 is 5.97 Å². The molecule has 3 aromatic carbocycles. The van der Waals surface area contributed by atoms with Crippen LogP contribution in [0.1, 0.15) is 62.9 Å². The zero-order chi connectivity index (χ0) is 34.2. The molecule has 1 atom stereocenters. The summed E-state index contributed by atoms with van der Waals surface area (Å²) in [4.78, 5) is 54.5. The number of benzene rings is 3. The van der Waals surface area contributed by atoms with Gasteiger partial charge in [0.25, 0.3) is 11.8 Å². The normalized spacial score (nSPS) is 13.5. The van der Waals surface area contributed by atoms with Crippen molar-refractivity contribution in [3.8, 4) is 0 Å². The number of halogens is 2. The molecule has 0 aliphatic heterocycles. The number of rotatable bonds is 10. The molecule has 0 fully saturated rings. The molecule has 48 heavy (non-hydrogen) atoms. The first-order valence-electron chi connectivity index (χ1n) is 15.3. The largest absolute Gasteiger partial charge is 0.465 e. The number of esters is 1. The number of thioether (sulfide) groups is 1. The van der Waals surface area contributed by atoms with Crippen LogP contribution >= 0.6 is 46.3 Å². The van der Waals surface area contributed by atoms with E-state index in [-0.39, 0.29) is 11.6 Å². The molecular weight excluding hydrogens is 689 g/mol. The Morgan fingerprint density at radius 3 is 2.33 bits per heavy atom. The monoisotopic (exact) mass is 721 g/mol. The molecule has 3 N–H and O–H groups in total. The number of aryl methyl sites for hydroxylation is 1. The van der Waals surface area contributed by atoms with Gasteiger partial charge in [-0.15, -0.1) is 23.1 Å². The predicted molar refractivity (Wildman–Crippen MR) is 194 cm³/mol. The van der Waals surface area contributed by atoms with E-state index in [4.69, 9.17) is 27.9 Å². The van der Waals surface area contributed by atoms with Crippen LogP contribution in [0.4, 0.5) is 10.7 Å². The molecule has 4 aromatic rings. The minimum atomic E-state index is -0.601. The molecule has 12 heteroatoms. The number of anilines is 2. The molecule has 8 nitrogen and oxygen atoms in total. The van der Waals surface area contributed by atoms with E-state index in [0.717, 1.165) is 47.4 Å². The lowest BCUT2D eigenvalue weighted by molar-refractivity contribution is -0.115. The molecule has 3 amide bonds. The number of hydrogen-bond acceptors (Lipinski definition) is 7. The maximum atomic E-state index is 13.6. The van der Waals surface area contributed by atoms with Crippen molar-refractivity contribution in [3.63, 3.8) is 0 Å². The average Bonchev–Trinajstić information content (AvgIpc) is 3.25. The minimum Gasteiger partial charge on any atom is -0.465 e. The molecule has 0 bridgehead atoms. The number of nitrogens with one attached hydrogen (secondary N) is 3. The third-order valence-electron chi connectivity index (χ3n) is 7.64. The topological polar surface area (TPSA) is 114 Å². The highest BCUT2D eigenvalue weighted by Gasteiger charge is 2.27. The zero-order valence-corrected chi connectivity index (χ0v) is 29.4. The second kappa shape index (κ2) is 16.3. The predicted octanol–water partition coefficient (Wildman–Crippen LogP) is 8.64. The van der Waals surface area contributed by atoms with Crippen LogP contribution in [0, 0.1) is 0 Å². The molecule has 1 aliphatic carbocycles. The fourth-order valence-electron chi connectivity index (χ4n) is 5.20. The molecule has 0 spiro atoms. The first-order chi connectivity index (χ1) is 23.1. The molecule has 0 radical (unpaired) electrons. The van der Waals surface area contributed by atoms with E-state index < -0.39 is 23.0 Å². The van der Waals surface area contributed by atoms with Crippen LogP contribution < -0.4 is 16.0 Å². The number of carbonyl (C=O) groups excluding carboxylic acids is 4. The van der Waals surface area contributed by atoms with Gasteiger partial charge in [0.2, 0.25) is 5.91 Å². The Bertz CT molecular complexity index is 1860. The SMILES string of the molecule is COC(=O)c1c(NC(=O)C(C)Sc2cccc(NC(=O)/C(=C\c3c(Cl)cccc3Cl)NC(=O)c3ccccc3)c2)sc2c1CCCCC2. The summed E-state index contributed by atoms with van der Waals surface area (Å²) < 4.78 is 5.07. The Labute approximate surface area is 297 Å². The number of carbonyl (C=O) groups is 4. The van der Waals surface area contributed by atoms with E-state index in [1.165, 1.54) is 36.3 Å². The lowest BCUT2D eigenvalue weighted by atomic mass is 10.1. The molecule has 1 aromatic heterocycles. The van der Waals surface area contributed by atoms with Crippen molar-refractivity contribution in [2.45, 2.75) is 49.2 Å². The Kier molecular flexibility index (Phi) is 12.0. The van der Waals surface area contributed by atoms with Crippen LogP contribution in [0.3, 0.4) is 0 Å². The molecule has 0 saturated heterocycles. The number of thiophene rings is 1. The van der Waals surface area contributed by atoms with Gasteiger partial charge in [-0.2, -0.15) is 0 Å². The van der Waals surface area contributed by atoms with Crippen LogP contribution in [0.15, 0.2) is 83.4 Å². The third kappa shape index (κ3) is 8.68. The van der Waals surface area contributed by atoms with Gasteiger partial charge in [0.1, 0.15) is 10.7 Å². The lowest BCUT2D eigenvalue weighted by Crippen LogP contribution is -2.30. The summed E-state index contributed by atoms with van der Waals surface area (Å²) in [6.45, 7) is 1.77. The fourth-order valence-corrected chi connectivity index (χ4v) is 7.91. The highest BCUT2D eigenvalue weighted by molar-refractivity contribution is 8.00. The average molecular weight is 723 g/mol. The summed E-state index contributed by atoms with van der Waals surface area (Å²) in [6.07, 6.45) is 6.23. The lowest BCUT2D eigenvalue weighted by Gasteiger charge is -2.14. The number of ether oxygens (including phenoxy) is 1. The van der Waals surface area contributed by atoms with Crippen LogP contribution in [0.5, 0.6) is 0 Å². The van der Waals surface area contributed by atoms with Crippen LogP contribution in [0.25, 0.3) is 6.08 Å². The number of hydrogen-bond donors (Lipinski definition) is 3. The van der Waals surface area contributed by atoms with Gasteiger partial charge in [-0.3, -0.25) is 14.4 Å². The fraction of sp³-hybridized carbons (Fsp3) is 0.222. The quantitative estimate of drug-likeness (QED) is 0.0654. The van der Waals surface area contributed by atoms with Gasteiger partial charge in [0.15, 0.2) is 0 Å². The number of amides is 3. The van der Waals surface area contributed by atoms with Crippen LogP contribution in [0.2, 0.25) is 10.0 Å². The zero-order valence-electron chi connectivity index (χ0n) is 26.2. The van der Waals surface area contributed by atoms with Crippen molar-refractivity contribution >= 4 is 86.8 Å². The van der Waals surface area contributed by atoms with Crippen LogP contribution in [-0.2, 0) is 27.2 Å². The van der Waals surface area contributed by atoms with E-state index in [9.17, 15) is 19.2 Å². The highest BCUT2D eigenvalue weighted by Crippen LogP contribution is 2.38. The van der Waals surface area contributed by atoms with Gasteiger partial charge in [-0.1, -0.05) is 60.0 Å². The Morgan fingerprint density at radius 2 is 1.60 bits per heavy atom. The third-order valence-corrected chi connectivity index (χ3v) is 10.6. The van der Waals surface area contributed by atoms with Crippen molar-refractivity contribution in [1.82, 2.24) is 5.32 Å². The maximum absolute atomic E-state index is 13.6. The number of methoxy groups -OCH3 is 1. The van der Waals surface area contributed by atoms with E-state index in [1.807, 2.05) is 6.07 Å². The van der Waals surface area contributed by atoms with Gasteiger partial charge in [0, 0.05) is 36.6 Å². The summed E-state index contributed by atoms with van der Waals surface area (Å²) in [7, 11) is 1.35. The van der Waals surface area contributed by atoms with Gasteiger partial charge in [0.05, 0.1) is 17.9 Å². The number of fused-ring (bicyclic) bond motifs is 1. The van der Waals surface area contributed by atoms with Gasteiger partial charge in [-0.05, 0) is 86.7 Å². The molecule has 1 unspecified atom stereocenters.